The maximum Gasteiger partial charge on any atom is 0.328 e. The van der Waals surface area contributed by atoms with Gasteiger partial charge in [-0.05, 0) is 25.7 Å². The summed E-state index contributed by atoms with van der Waals surface area (Å²) in [6.07, 6.45) is 3.65. The van der Waals surface area contributed by atoms with Crippen LogP contribution >= 0.6 is 0 Å². The zero-order valence-electron chi connectivity index (χ0n) is 8.36. The van der Waals surface area contributed by atoms with Gasteiger partial charge in [-0.1, -0.05) is 0 Å². The predicted octanol–water partition coefficient (Wildman–Crippen LogP) is 0.560. The molecule has 1 saturated heterocycles. The minimum Gasteiger partial charge on any atom is -0.467 e. The number of hydrogen-bond donors (Lipinski definition) is 0. The molecule has 1 amide bonds. The first-order valence-corrected chi connectivity index (χ1v) is 5.12. The molecule has 0 unspecified atom stereocenters. The van der Waals surface area contributed by atoms with Crippen LogP contribution in [0.3, 0.4) is 0 Å². The first-order chi connectivity index (χ1) is 6.74. The average molecular weight is 197 g/mol. The van der Waals surface area contributed by atoms with E-state index in [9.17, 15) is 9.59 Å². The van der Waals surface area contributed by atoms with E-state index in [0.717, 1.165) is 32.2 Å². The highest BCUT2D eigenvalue weighted by Crippen LogP contribution is 2.33. The highest BCUT2D eigenvalue weighted by molar-refractivity contribution is 5.87. The summed E-state index contributed by atoms with van der Waals surface area (Å²) in [5.74, 6) is 0.0784. The molecule has 0 N–H and O–H groups in total. The molecule has 0 radical (unpaired) electrons. The SMILES string of the molecule is COC(=O)[C@@H]1CCCN1C(=O)C1CC1. The number of amides is 1. The Hall–Kier alpha value is -1.06. The third-order valence-electron chi connectivity index (χ3n) is 2.94. The van der Waals surface area contributed by atoms with Gasteiger partial charge in [0.15, 0.2) is 0 Å². The highest BCUT2D eigenvalue weighted by atomic mass is 16.5. The molecule has 1 heterocycles. The van der Waals surface area contributed by atoms with E-state index < -0.39 is 0 Å². The molecule has 1 atom stereocenters. The Labute approximate surface area is 83.2 Å². The van der Waals surface area contributed by atoms with Crippen LogP contribution in [0.4, 0.5) is 0 Å². The summed E-state index contributed by atoms with van der Waals surface area (Å²) in [7, 11) is 1.38. The molecule has 1 saturated carbocycles. The number of rotatable bonds is 2. The van der Waals surface area contributed by atoms with E-state index in [4.69, 9.17) is 0 Å². The van der Waals surface area contributed by atoms with E-state index in [1.165, 1.54) is 7.11 Å². The predicted molar refractivity (Wildman–Crippen MR) is 49.5 cm³/mol. The molecule has 4 heteroatoms. The number of likely N-dealkylation sites (tertiary alicyclic amines) is 1. The Morgan fingerprint density at radius 2 is 2.00 bits per heavy atom. The quantitative estimate of drug-likeness (QED) is 0.608. The van der Waals surface area contributed by atoms with Crippen LogP contribution in [0.1, 0.15) is 25.7 Å². The van der Waals surface area contributed by atoms with Gasteiger partial charge in [0.1, 0.15) is 6.04 Å². The molecule has 1 aliphatic carbocycles. The number of nitrogens with zero attached hydrogens (tertiary/aromatic N) is 1. The third kappa shape index (κ3) is 1.61. The molecule has 2 fully saturated rings. The zero-order chi connectivity index (χ0) is 10.1. The number of ether oxygens (including phenoxy) is 1. The van der Waals surface area contributed by atoms with Crippen molar-refractivity contribution in [1.29, 1.82) is 0 Å². The molecular weight excluding hydrogens is 182 g/mol. The van der Waals surface area contributed by atoms with Crippen LogP contribution in [0, 0.1) is 5.92 Å². The lowest BCUT2D eigenvalue weighted by Crippen LogP contribution is -2.41. The van der Waals surface area contributed by atoms with Gasteiger partial charge in [-0.2, -0.15) is 0 Å². The van der Waals surface area contributed by atoms with Crippen LogP contribution in [-0.2, 0) is 14.3 Å². The number of carbonyl (C=O) groups is 2. The summed E-state index contributed by atoms with van der Waals surface area (Å²) in [5.41, 5.74) is 0. The van der Waals surface area contributed by atoms with Crippen molar-refractivity contribution in [3.05, 3.63) is 0 Å². The van der Waals surface area contributed by atoms with Crippen molar-refractivity contribution in [1.82, 2.24) is 4.90 Å². The lowest BCUT2D eigenvalue weighted by Gasteiger charge is -2.22. The zero-order valence-corrected chi connectivity index (χ0v) is 8.36. The van der Waals surface area contributed by atoms with E-state index >= 15 is 0 Å². The summed E-state index contributed by atoms with van der Waals surface area (Å²) >= 11 is 0. The standard InChI is InChI=1S/C10H15NO3/c1-14-10(13)8-3-2-6-11(8)9(12)7-4-5-7/h7-8H,2-6H2,1H3/t8-/m0/s1. The van der Waals surface area contributed by atoms with Gasteiger partial charge in [0, 0.05) is 12.5 Å². The maximum atomic E-state index is 11.8. The van der Waals surface area contributed by atoms with Gasteiger partial charge in [-0.3, -0.25) is 4.79 Å². The van der Waals surface area contributed by atoms with Gasteiger partial charge in [-0.15, -0.1) is 0 Å². The van der Waals surface area contributed by atoms with Crippen LogP contribution in [0.2, 0.25) is 0 Å². The molecule has 0 aromatic carbocycles. The Balaban J connectivity index is 2.02. The molecule has 0 spiro atoms. The minimum atomic E-state index is -0.312. The molecule has 4 nitrogen and oxygen atoms in total. The van der Waals surface area contributed by atoms with Crippen molar-refractivity contribution in [2.45, 2.75) is 31.7 Å². The fourth-order valence-corrected chi connectivity index (χ4v) is 1.98. The molecule has 78 valence electrons. The molecule has 2 rings (SSSR count). The van der Waals surface area contributed by atoms with Gasteiger partial charge in [0.05, 0.1) is 7.11 Å². The molecule has 0 bridgehead atoms. The second-order valence-electron chi connectivity index (χ2n) is 3.99. The van der Waals surface area contributed by atoms with Crippen molar-refractivity contribution in [2.75, 3.05) is 13.7 Å². The molecule has 14 heavy (non-hydrogen) atoms. The maximum absolute atomic E-state index is 11.8. The lowest BCUT2D eigenvalue weighted by atomic mass is 10.2. The van der Waals surface area contributed by atoms with Crippen LogP contribution in [0.25, 0.3) is 0 Å². The Morgan fingerprint density at radius 3 is 2.57 bits per heavy atom. The topological polar surface area (TPSA) is 46.6 Å². The van der Waals surface area contributed by atoms with E-state index in [1.807, 2.05) is 0 Å². The second kappa shape index (κ2) is 3.59. The second-order valence-corrected chi connectivity index (χ2v) is 3.99. The lowest BCUT2D eigenvalue weighted by molar-refractivity contribution is -0.151. The summed E-state index contributed by atoms with van der Waals surface area (Å²) in [4.78, 5) is 24.8. The van der Waals surface area contributed by atoms with Gasteiger partial charge in [0.25, 0.3) is 0 Å². The summed E-state index contributed by atoms with van der Waals surface area (Å²) in [6.45, 7) is 0.717. The van der Waals surface area contributed by atoms with Crippen LogP contribution in [0.5, 0.6) is 0 Å². The largest absolute Gasteiger partial charge is 0.467 e. The van der Waals surface area contributed by atoms with Crippen molar-refractivity contribution >= 4 is 11.9 Å². The molecule has 1 aliphatic heterocycles. The van der Waals surface area contributed by atoms with E-state index in [1.54, 1.807) is 4.90 Å². The first-order valence-electron chi connectivity index (χ1n) is 5.12. The van der Waals surface area contributed by atoms with Gasteiger partial charge in [0.2, 0.25) is 5.91 Å². The van der Waals surface area contributed by atoms with Crippen molar-refractivity contribution < 1.29 is 14.3 Å². The van der Waals surface area contributed by atoms with Gasteiger partial charge in [-0.25, -0.2) is 4.79 Å². The normalized spacial score (nSPS) is 26.4. The Morgan fingerprint density at radius 1 is 1.29 bits per heavy atom. The van der Waals surface area contributed by atoms with E-state index in [-0.39, 0.29) is 23.8 Å². The van der Waals surface area contributed by atoms with Crippen molar-refractivity contribution in [3.63, 3.8) is 0 Å². The highest BCUT2D eigenvalue weighted by Gasteiger charge is 2.41. The van der Waals surface area contributed by atoms with Crippen LogP contribution in [-0.4, -0.2) is 36.5 Å². The number of carbonyl (C=O) groups excluding carboxylic acids is 2. The van der Waals surface area contributed by atoms with Gasteiger partial charge < -0.3 is 9.64 Å². The Kier molecular flexibility index (Phi) is 2.44. The summed E-state index contributed by atoms with van der Waals surface area (Å²) in [6, 6.07) is -0.312. The number of hydrogen-bond acceptors (Lipinski definition) is 3. The minimum absolute atomic E-state index is 0.151. The number of esters is 1. The molecule has 0 aromatic heterocycles. The van der Waals surface area contributed by atoms with Crippen molar-refractivity contribution in [3.8, 4) is 0 Å². The van der Waals surface area contributed by atoms with Crippen molar-refractivity contribution in [2.24, 2.45) is 5.92 Å². The smallest absolute Gasteiger partial charge is 0.328 e. The molecule has 0 aromatic rings. The van der Waals surface area contributed by atoms with Crippen LogP contribution in [0.15, 0.2) is 0 Å². The van der Waals surface area contributed by atoms with E-state index in [0.29, 0.717) is 0 Å². The molecular formula is C10H15NO3. The third-order valence-corrected chi connectivity index (χ3v) is 2.94. The monoisotopic (exact) mass is 197 g/mol. The average Bonchev–Trinajstić information content (AvgIpc) is 2.93. The summed E-state index contributed by atoms with van der Waals surface area (Å²) in [5, 5.41) is 0. The fraction of sp³-hybridized carbons (Fsp3) is 0.800. The number of methoxy groups -OCH3 is 1. The Bertz CT molecular complexity index is 260. The van der Waals surface area contributed by atoms with E-state index in [2.05, 4.69) is 4.74 Å². The molecule has 2 aliphatic rings. The first kappa shape index (κ1) is 9.49. The van der Waals surface area contributed by atoms with Crippen LogP contribution < -0.4 is 0 Å². The summed E-state index contributed by atoms with van der Waals surface area (Å²) < 4.78 is 4.68. The van der Waals surface area contributed by atoms with Gasteiger partial charge >= 0.3 is 5.97 Å². The fourth-order valence-electron chi connectivity index (χ4n) is 1.98.